The van der Waals surface area contributed by atoms with Gasteiger partial charge in [-0.3, -0.25) is 24.2 Å². The molecule has 4 atom stereocenters. The van der Waals surface area contributed by atoms with E-state index in [1.807, 2.05) is 0 Å². The van der Waals surface area contributed by atoms with Crippen LogP contribution in [0, 0.1) is 0 Å². The predicted molar refractivity (Wildman–Crippen MR) is 168 cm³/mol. The Balaban J connectivity index is 3.24. The van der Waals surface area contributed by atoms with Gasteiger partial charge in [0.25, 0.3) is 0 Å². The Bertz CT molecular complexity index is 1270. The number of aliphatic imine (C=N–C) groups is 1. The van der Waals surface area contributed by atoms with Crippen LogP contribution in [0.1, 0.15) is 51.0 Å². The molecule has 1 aromatic rings. The highest BCUT2D eigenvalue weighted by atomic mass is 32.2. The van der Waals surface area contributed by atoms with Crippen molar-refractivity contribution in [2.24, 2.45) is 22.2 Å². The van der Waals surface area contributed by atoms with Crippen LogP contribution in [0.25, 0.3) is 0 Å². The molecule has 0 aliphatic rings. The minimum absolute atomic E-state index is 0.0191. The van der Waals surface area contributed by atoms with Crippen LogP contribution in [0.15, 0.2) is 29.3 Å². The Labute approximate surface area is 263 Å². The molecular weight excluding hydrogens is 608 g/mol. The molecule has 0 unspecified atom stereocenters. The minimum Gasteiger partial charge on any atom is -0.508 e. The van der Waals surface area contributed by atoms with Crippen LogP contribution in [-0.4, -0.2) is 98.7 Å². The first kappa shape index (κ1) is 38.8. The minimum atomic E-state index is -3.56. The number of nitrogens with one attached hydrogen (secondary N) is 4. The number of hydrogen-bond donors (Lipinski definition) is 8. The van der Waals surface area contributed by atoms with Gasteiger partial charge in [-0.05, 0) is 62.8 Å². The number of aldehydes is 1. The maximum atomic E-state index is 13.5. The van der Waals surface area contributed by atoms with E-state index in [-0.39, 0.29) is 43.9 Å². The van der Waals surface area contributed by atoms with Crippen molar-refractivity contribution in [3.05, 3.63) is 29.8 Å². The van der Waals surface area contributed by atoms with Gasteiger partial charge in [-0.25, -0.2) is 8.42 Å². The summed E-state index contributed by atoms with van der Waals surface area (Å²) < 4.78 is 23.9. The third-order valence-electron chi connectivity index (χ3n) is 6.52. The number of guanidine groups is 1. The zero-order valence-corrected chi connectivity index (χ0v) is 26.5. The van der Waals surface area contributed by atoms with E-state index in [2.05, 4.69) is 26.3 Å². The van der Waals surface area contributed by atoms with Gasteiger partial charge in [0.05, 0.1) is 11.8 Å². The van der Waals surface area contributed by atoms with Crippen LogP contribution in [0.5, 0.6) is 5.75 Å². The molecule has 0 radical (unpaired) electrons. The number of carbonyl (C=O) groups is 5. The topological polar surface area (TPSA) is 278 Å². The maximum Gasteiger partial charge on any atom is 0.243 e. The van der Waals surface area contributed by atoms with Gasteiger partial charge in [0.15, 0.2) is 5.96 Å². The first-order valence-corrected chi connectivity index (χ1v) is 16.6. The number of hydrogen-bond acceptors (Lipinski definition) is 10. The summed E-state index contributed by atoms with van der Waals surface area (Å²) in [5.41, 5.74) is 16.7. The summed E-state index contributed by atoms with van der Waals surface area (Å²) in [7, 11) is -3.56. The number of phenolic OH excluding ortho intramolecular Hbond substituents is 1. The van der Waals surface area contributed by atoms with Gasteiger partial charge in [-0.2, -0.15) is 0 Å². The highest BCUT2D eigenvalue weighted by Gasteiger charge is 2.31. The van der Waals surface area contributed by atoms with Crippen molar-refractivity contribution >= 4 is 45.7 Å². The molecule has 0 spiro atoms. The van der Waals surface area contributed by atoms with Crippen LogP contribution >= 0.6 is 0 Å². The summed E-state index contributed by atoms with van der Waals surface area (Å²) >= 11 is 0. The van der Waals surface area contributed by atoms with Gasteiger partial charge in [-0.15, -0.1) is 0 Å². The highest BCUT2D eigenvalue weighted by molar-refractivity contribution is 7.90. The summed E-state index contributed by atoms with van der Waals surface area (Å²) in [6, 6.07) is 1.26. The molecule has 1 aromatic carbocycles. The van der Waals surface area contributed by atoms with Gasteiger partial charge in [0.1, 0.15) is 40.0 Å². The Hall–Kier alpha value is -4.25. The number of carbonyl (C=O) groups excluding carboxylic acids is 5. The van der Waals surface area contributed by atoms with Crippen molar-refractivity contribution in [2.45, 2.75) is 76.0 Å². The van der Waals surface area contributed by atoms with Gasteiger partial charge in [0, 0.05) is 26.1 Å². The molecular formula is C28H46N8O8S. The lowest BCUT2D eigenvalue weighted by atomic mass is 10.0. The second-order valence-electron chi connectivity index (χ2n) is 10.6. The first-order valence-electron chi connectivity index (χ1n) is 14.5. The molecule has 0 bridgehead atoms. The average Bonchev–Trinajstić information content (AvgIpc) is 2.96. The molecule has 0 saturated carbocycles. The molecule has 0 aliphatic carbocycles. The van der Waals surface area contributed by atoms with Crippen molar-refractivity contribution < 1.29 is 37.5 Å². The largest absolute Gasteiger partial charge is 0.508 e. The molecule has 0 aromatic heterocycles. The number of benzene rings is 1. The molecule has 1 rings (SSSR count). The summed E-state index contributed by atoms with van der Waals surface area (Å²) in [6.45, 7) is 1.83. The Morgan fingerprint density at radius 3 is 1.98 bits per heavy atom. The molecule has 0 aliphatic heterocycles. The fourth-order valence-electron chi connectivity index (χ4n) is 4.21. The number of aromatic hydroxyl groups is 1. The SMILES string of the molecule is CC(=O)N[C@@H](CCCCN)C(=O)N[C@@H](CCS(C)(=O)=O)C(=O)N[C@@H](Cc1ccc(O)cc1)C(=O)N[C@H](C=O)CCCN=C(N)N. The van der Waals surface area contributed by atoms with Crippen LogP contribution < -0.4 is 38.5 Å². The average molecular weight is 655 g/mol. The molecule has 4 amide bonds. The van der Waals surface area contributed by atoms with E-state index >= 15 is 0 Å². The van der Waals surface area contributed by atoms with Gasteiger partial charge < -0.3 is 48.4 Å². The quantitative estimate of drug-likeness (QED) is 0.0302. The van der Waals surface area contributed by atoms with Crippen LogP contribution in [0.3, 0.4) is 0 Å². The standard InChI is InChI=1S/C28H46N8O8S/c1-18(38)33-22(7-3-4-13-29)25(40)35-23(12-15-45(2,43)44)26(41)36-24(16-19-8-10-21(39)11-9-19)27(42)34-20(17-37)6-5-14-32-28(30)31/h8-11,17,20,22-24,39H,3-7,12-16,29H2,1-2H3,(H,33,38)(H,34,42)(H,35,40)(H,36,41)(H4,30,31,32)/t20-,22-,23-,24-/m0/s1. The monoisotopic (exact) mass is 654 g/mol. The van der Waals surface area contributed by atoms with Gasteiger partial charge >= 0.3 is 0 Å². The number of unbranched alkanes of at least 4 members (excludes halogenated alkanes) is 1. The molecule has 45 heavy (non-hydrogen) atoms. The van der Waals surface area contributed by atoms with E-state index in [1.165, 1.54) is 31.2 Å². The first-order chi connectivity index (χ1) is 21.1. The smallest absolute Gasteiger partial charge is 0.243 e. The van der Waals surface area contributed by atoms with E-state index in [4.69, 9.17) is 17.2 Å². The maximum absolute atomic E-state index is 13.5. The van der Waals surface area contributed by atoms with Crippen molar-refractivity contribution in [3.8, 4) is 5.75 Å². The third kappa shape index (κ3) is 17.0. The normalized spacial score (nSPS) is 13.8. The van der Waals surface area contributed by atoms with E-state index < -0.39 is 63.4 Å². The molecule has 0 fully saturated rings. The van der Waals surface area contributed by atoms with Crippen LogP contribution in [0.4, 0.5) is 0 Å². The molecule has 0 heterocycles. The molecule has 17 heteroatoms. The lowest BCUT2D eigenvalue weighted by molar-refractivity contribution is -0.134. The number of nitrogens with two attached hydrogens (primary N) is 3. The number of rotatable bonds is 21. The van der Waals surface area contributed by atoms with E-state index in [0.29, 0.717) is 37.7 Å². The summed E-state index contributed by atoms with van der Waals surface area (Å²) in [5.74, 6) is -3.36. The Morgan fingerprint density at radius 1 is 0.867 bits per heavy atom. The van der Waals surface area contributed by atoms with Crippen LogP contribution in [0.2, 0.25) is 0 Å². The predicted octanol–water partition coefficient (Wildman–Crippen LogP) is -2.29. The number of nitrogens with zero attached hydrogens (tertiary/aromatic N) is 1. The van der Waals surface area contributed by atoms with E-state index in [0.717, 1.165) is 6.26 Å². The van der Waals surface area contributed by atoms with Gasteiger partial charge in [-0.1, -0.05) is 12.1 Å². The number of sulfone groups is 1. The Kier molecular flexibility index (Phi) is 17.2. The molecule has 252 valence electrons. The van der Waals surface area contributed by atoms with Crippen molar-refractivity contribution in [1.82, 2.24) is 21.3 Å². The fourth-order valence-corrected chi connectivity index (χ4v) is 4.87. The van der Waals surface area contributed by atoms with Gasteiger partial charge in [0.2, 0.25) is 23.6 Å². The zero-order chi connectivity index (χ0) is 34.0. The lowest BCUT2D eigenvalue weighted by Gasteiger charge is -2.26. The highest BCUT2D eigenvalue weighted by Crippen LogP contribution is 2.12. The molecule has 16 nitrogen and oxygen atoms in total. The van der Waals surface area contributed by atoms with Crippen molar-refractivity contribution in [3.63, 3.8) is 0 Å². The van der Waals surface area contributed by atoms with E-state index in [9.17, 15) is 37.5 Å². The summed E-state index contributed by atoms with van der Waals surface area (Å²) in [6.07, 6.45) is 3.02. The summed E-state index contributed by atoms with van der Waals surface area (Å²) in [4.78, 5) is 67.3. The second-order valence-corrected chi connectivity index (χ2v) is 12.9. The van der Waals surface area contributed by atoms with Crippen molar-refractivity contribution in [2.75, 3.05) is 25.1 Å². The molecule has 0 saturated heterocycles. The van der Waals surface area contributed by atoms with Crippen molar-refractivity contribution in [1.29, 1.82) is 0 Å². The third-order valence-corrected chi connectivity index (χ3v) is 7.50. The summed E-state index contributed by atoms with van der Waals surface area (Å²) in [5, 5.41) is 19.8. The van der Waals surface area contributed by atoms with Crippen LogP contribution in [-0.2, 0) is 40.2 Å². The number of amides is 4. The fraction of sp³-hybridized carbons (Fsp3) is 0.571. The lowest BCUT2D eigenvalue weighted by Crippen LogP contribution is -2.58. The zero-order valence-electron chi connectivity index (χ0n) is 25.7. The second kappa shape index (κ2) is 19.9. The Morgan fingerprint density at radius 2 is 1.44 bits per heavy atom. The van der Waals surface area contributed by atoms with E-state index in [1.54, 1.807) is 0 Å². The number of phenols is 1. The molecule has 11 N–H and O–H groups in total.